The Morgan fingerprint density at radius 2 is 0.810 bits per heavy atom. The number of hydrogen-bond acceptors (Lipinski definition) is 2. The molecule has 58 heavy (non-hydrogen) atoms. The summed E-state index contributed by atoms with van der Waals surface area (Å²) >= 11 is 0. The molecule has 270 valence electrons. The number of benzene rings is 10. The lowest BCUT2D eigenvalue weighted by atomic mass is 9.88. The maximum Gasteiger partial charge on any atom is 0.160 e. The van der Waals surface area contributed by atoms with Crippen molar-refractivity contribution in [1.82, 2.24) is 9.97 Å². The van der Waals surface area contributed by atoms with Gasteiger partial charge in [-0.3, -0.25) is 0 Å². The molecule has 0 radical (unpaired) electrons. The molecule has 0 fully saturated rings. The molecule has 0 unspecified atom stereocenters. The second-order valence-corrected chi connectivity index (χ2v) is 14.9. The lowest BCUT2D eigenvalue weighted by Gasteiger charge is -2.16. The van der Waals surface area contributed by atoms with Gasteiger partial charge in [-0.1, -0.05) is 200 Å². The zero-order valence-corrected chi connectivity index (χ0v) is 31.7. The summed E-state index contributed by atoms with van der Waals surface area (Å²) in [4.78, 5) is 10.4. The third-order valence-corrected chi connectivity index (χ3v) is 11.5. The zero-order chi connectivity index (χ0) is 38.4. The number of nitrogens with zero attached hydrogens (tertiary/aromatic N) is 2. The van der Waals surface area contributed by atoms with Crippen LogP contribution in [0.3, 0.4) is 0 Å². The van der Waals surface area contributed by atoms with Crippen molar-refractivity contribution in [3.63, 3.8) is 0 Å². The summed E-state index contributed by atoms with van der Waals surface area (Å²) in [5.41, 5.74) is 12.1. The van der Waals surface area contributed by atoms with E-state index >= 15 is 0 Å². The monoisotopic (exact) mass is 736 g/mol. The summed E-state index contributed by atoms with van der Waals surface area (Å²) in [5, 5.41) is 9.93. The highest BCUT2D eigenvalue weighted by Crippen LogP contribution is 2.42. The summed E-state index contributed by atoms with van der Waals surface area (Å²) in [6.07, 6.45) is 0. The van der Waals surface area contributed by atoms with Crippen LogP contribution in [0.1, 0.15) is 0 Å². The van der Waals surface area contributed by atoms with E-state index in [1.807, 2.05) is 18.2 Å². The Balaban J connectivity index is 1.03. The van der Waals surface area contributed by atoms with Crippen LogP contribution in [0.25, 0.3) is 110 Å². The van der Waals surface area contributed by atoms with Gasteiger partial charge in [0.15, 0.2) is 5.82 Å². The highest BCUT2D eigenvalue weighted by molar-refractivity contribution is 6.20. The summed E-state index contributed by atoms with van der Waals surface area (Å²) < 4.78 is 0. The van der Waals surface area contributed by atoms with Gasteiger partial charge in [0.2, 0.25) is 0 Å². The van der Waals surface area contributed by atoms with Crippen LogP contribution in [-0.2, 0) is 0 Å². The second kappa shape index (κ2) is 14.1. The van der Waals surface area contributed by atoms with Crippen molar-refractivity contribution in [3.8, 4) is 67.3 Å². The van der Waals surface area contributed by atoms with Crippen molar-refractivity contribution in [3.05, 3.63) is 218 Å². The molecule has 0 amide bonds. The van der Waals surface area contributed by atoms with E-state index in [4.69, 9.17) is 9.97 Å². The number of fused-ring (bicyclic) bond motifs is 5. The van der Waals surface area contributed by atoms with Crippen molar-refractivity contribution >= 4 is 43.1 Å². The fourth-order valence-electron chi connectivity index (χ4n) is 8.66. The lowest BCUT2D eigenvalue weighted by molar-refractivity contribution is 1.18. The topological polar surface area (TPSA) is 25.8 Å². The first-order valence-electron chi connectivity index (χ1n) is 19.8. The molecule has 2 heteroatoms. The van der Waals surface area contributed by atoms with E-state index in [9.17, 15) is 0 Å². The minimum Gasteiger partial charge on any atom is -0.228 e. The Labute approximate surface area is 337 Å². The zero-order valence-electron chi connectivity index (χ0n) is 31.7. The van der Waals surface area contributed by atoms with Gasteiger partial charge >= 0.3 is 0 Å². The molecule has 1 aromatic heterocycles. The highest BCUT2D eigenvalue weighted by Gasteiger charge is 2.17. The smallest absolute Gasteiger partial charge is 0.160 e. The van der Waals surface area contributed by atoms with Crippen molar-refractivity contribution in [2.24, 2.45) is 0 Å². The minimum atomic E-state index is 0.705. The summed E-state index contributed by atoms with van der Waals surface area (Å²) in [5.74, 6) is 0.705. The van der Waals surface area contributed by atoms with Crippen LogP contribution in [0.4, 0.5) is 0 Å². The molecule has 2 nitrogen and oxygen atoms in total. The van der Waals surface area contributed by atoms with Gasteiger partial charge < -0.3 is 0 Å². The van der Waals surface area contributed by atoms with Crippen LogP contribution >= 0.6 is 0 Å². The second-order valence-electron chi connectivity index (χ2n) is 14.9. The first-order chi connectivity index (χ1) is 28.7. The van der Waals surface area contributed by atoms with Crippen molar-refractivity contribution in [2.75, 3.05) is 0 Å². The molecule has 0 saturated carbocycles. The molecule has 10 aromatic carbocycles. The standard InChI is InChI=1S/C56H36N2/c1-3-14-37(15-4-1)42-20-13-21-44(34-42)53-36-54(58-56(57-53)41-17-5-2-6-18-41)50-33-32-46(48-24-11-12-25-49(48)50)39-26-28-40(29-27-39)55-47-23-10-8-19-43(47)35-52-45-22-9-7-16-38(45)30-31-51(52)55/h1-36H. The molecule has 0 spiro atoms. The third kappa shape index (κ3) is 5.91. The summed E-state index contributed by atoms with van der Waals surface area (Å²) in [6.45, 7) is 0. The van der Waals surface area contributed by atoms with Gasteiger partial charge in [0, 0.05) is 16.7 Å². The Kier molecular flexibility index (Phi) is 8.19. The van der Waals surface area contributed by atoms with E-state index in [1.54, 1.807) is 0 Å². The predicted molar refractivity (Wildman–Crippen MR) is 245 cm³/mol. The number of aromatic nitrogens is 2. The largest absolute Gasteiger partial charge is 0.228 e. The first-order valence-corrected chi connectivity index (χ1v) is 19.8. The molecule has 0 N–H and O–H groups in total. The van der Waals surface area contributed by atoms with E-state index in [1.165, 1.54) is 65.5 Å². The lowest BCUT2D eigenvalue weighted by Crippen LogP contribution is -1.97. The fraction of sp³-hybridized carbons (Fsp3) is 0. The van der Waals surface area contributed by atoms with Crippen molar-refractivity contribution in [2.45, 2.75) is 0 Å². The molecule has 0 aliphatic heterocycles. The van der Waals surface area contributed by atoms with Gasteiger partial charge in [0.25, 0.3) is 0 Å². The maximum absolute atomic E-state index is 5.24. The normalized spacial score (nSPS) is 11.4. The first kappa shape index (κ1) is 33.6. The molecule has 1 heterocycles. The average Bonchev–Trinajstić information content (AvgIpc) is 3.31. The molecule has 0 aliphatic rings. The van der Waals surface area contributed by atoms with Gasteiger partial charge in [-0.2, -0.15) is 0 Å². The van der Waals surface area contributed by atoms with E-state index in [0.717, 1.165) is 39.0 Å². The third-order valence-electron chi connectivity index (χ3n) is 11.5. The van der Waals surface area contributed by atoms with Crippen LogP contribution < -0.4 is 0 Å². The summed E-state index contributed by atoms with van der Waals surface area (Å²) in [7, 11) is 0. The van der Waals surface area contributed by atoms with Crippen molar-refractivity contribution < 1.29 is 0 Å². The van der Waals surface area contributed by atoms with Gasteiger partial charge in [-0.05, 0) is 94.7 Å². The van der Waals surface area contributed by atoms with Crippen molar-refractivity contribution in [1.29, 1.82) is 0 Å². The molecule has 11 rings (SSSR count). The Morgan fingerprint density at radius 3 is 1.59 bits per heavy atom. The van der Waals surface area contributed by atoms with Crippen LogP contribution in [0, 0.1) is 0 Å². The van der Waals surface area contributed by atoms with E-state index < -0.39 is 0 Å². The highest BCUT2D eigenvalue weighted by atomic mass is 14.9. The number of rotatable bonds is 6. The summed E-state index contributed by atoms with van der Waals surface area (Å²) in [6, 6.07) is 78.2. The van der Waals surface area contributed by atoms with E-state index in [2.05, 4.69) is 200 Å². The number of hydrogen-bond donors (Lipinski definition) is 0. The Hall–Kier alpha value is -7.68. The van der Waals surface area contributed by atoms with Gasteiger partial charge in [0.05, 0.1) is 11.4 Å². The molecule has 0 saturated heterocycles. The average molecular weight is 737 g/mol. The predicted octanol–water partition coefficient (Wildman–Crippen LogP) is 15.1. The molecule has 11 aromatic rings. The van der Waals surface area contributed by atoms with Crippen LogP contribution in [-0.4, -0.2) is 9.97 Å². The Morgan fingerprint density at radius 1 is 0.241 bits per heavy atom. The molecular formula is C56H36N2. The van der Waals surface area contributed by atoms with Crippen LogP contribution in [0.2, 0.25) is 0 Å². The van der Waals surface area contributed by atoms with Crippen LogP contribution in [0.5, 0.6) is 0 Å². The van der Waals surface area contributed by atoms with E-state index in [-0.39, 0.29) is 0 Å². The quantitative estimate of drug-likeness (QED) is 0.125. The van der Waals surface area contributed by atoms with Gasteiger partial charge in [0.1, 0.15) is 0 Å². The Bertz CT molecular complexity index is 3310. The molecular weight excluding hydrogens is 701 g/mol. The van der Waals surface area contributed by atoms with E-state index in [0.29, 0.717) is 5.82 Å². The molecule has 0 bridgehead atoms. The van der Waals surface area contributed by atoms with Crippen LogP contribution in [0.15, 0.2) is 218 Å². The molecule has 0 atom stereocenters. The maximum atomic E-state index is 5.24. The SMILES string of the molecule is c1ccc(-c2cccc(-c3cc(-c4ccc(-c5ccc(-c6c7ccccc7cc7c6ccc6ccccc67)cc5)c5ccccc45)nc(-c4ccccc4)n3)c2)cc1. The van der Waals surface area contributed by atoms with Gasteiger partial charge in [-0.25, -0.2) is 9.97 Å². The fourth-order valence-corrected chi connectivity index (χ4v) is 8.66. The molecule has 0 aliphatic carbocycles. The van der Waals surface area contributed by atoms with Gasteiger partial charge in [-0.15, -0.1) is 0 Å². The minimum absolute atomic E-state index is 0.705.